The van der Waals surface area contributed by atoms with Gasteiger partial charge in [-0.2, -0.15) is 0 Å². The number of hydrogen-bond acceptors (Lipinski definition) is 4. The second kappa shape index (κ2) is 5.78. The number of benzene rings is 1. The van der Waals surface area contributed by atoms with Crippen molar-refractivity contribution in [2.75, 3.05) is 0 Å². The average Bonchev–Trinajstić information content (AvgIpc) is 2.89. The van der Waals surface area contributed by atoms with Crippen molar-refractivity contribution in [1.29, 1.82) is 0 Å². The highest BCUT2D eigenvalue weighted by Gasteiger charge is 2.18. The van der Waals surface area contributed by atoms with Crippen molar-refractivity contribution in [2.24, 2.45) is 5.73 Å². The van der Waals surface area contributed by atoms with Gasteiger partial charge >= 0.3 is 0 Å². The molecule has 1 aromatic carbocycles. The lowest BCUT2D eigenvalue weighted by atomic mass is 10.1. The molecule has 0 aliphatic heterocycles. The summed E-state index contributed by atoms with van der Waals surface area (Å²) < 4.78 is 32.2. The predicted octanol–water partition coefficient (Wildman–Crippen LogP) is 1.83. The third-order valence-electron chi connectivity index (χ3n) is 3.19. The number of hydrogen-bond donors (Lipinski definition) is 2. The fourth-order valence-electron chi connectivity index (χ4n) is 2.03. The number of nitrogens with two attached hydrogens (primary N) is 1. The highest BCUT2D eigenvalue weighted by atomic mass is 32.2. The molecule has 1 heterocycles. The smallest absolute Gasteiger partial charge is 0.241 e. The maximum atomic E-state index is 12.3. The summed E-state index contributed by atoms with van der Waals surface area (Å²) in [6.07, 6.45) is 3.02. The fraction of sp³-hybridized carbons (Fsp3) is 0.286. The topological polar surface area (TPSA) is 85.3 Å². The molecular weight excluding hydrogens is 276 g/mol. The van der Waals surface area contributed by atoms with Crippen molar-refractivity contribution in [3.05, 3.63) is 53.0 Å². The monoisotopic (exact) mass is 294 g/mol. The highest BCUT2D eigenvalue weighted by molar-refractivity contribution is 7.89. The molecule has 0 radical (unpaired) electrons. The summed E-state index contributed by atoms with van der Waals surface area (Å²) in [6, 6.07) is 5.20. The number of sulfonamides is 1. The molecule has 0 unspecified atom stereocenters. The summed E-state index contributed by atoms with van der Waals surface area (Å²) in [6.45, 7) is 4.21. The van der Waals surface area contributed by atoms with E-state index in [1.807, 2.05) is 13.0 Å². The van der Waals surface area contributed by atoms with Crippen LogP contribution in [0.5, 0.6) is 0 Å². The van der Waals surface area contributed by atoms with E-state index in [9.17, 15) is 8.42 Å². The van der Waals surface area contributed by atoms with E-state index in [0.29, 0.717) is 12.1 Å². The minimum absolute atomic E-state index is 0.199. The molecule has 0 amide bonds. The van der Waals surface area contributed by atoms with Crippen LogP contribution in [0.15, 0.2) is 40.0 Å². The first-order chi connectivity index (χ1) is 9.44. The number of rotatable bonds is 5. The van der Waals surface area contributed by atoms with Crippen molar-refractivity contribution in [3.63, 3.8) is 0 Å². The van der Waals surface area contributed by atoms with Crippen LogP contribution >= 0.6 is 0 Å². The zero-order valence-electron chi connectivity index (χ0n) is 11.5. The van der Waals surface area contributed by atoms with Crippen molar-refractivity contribution < 1.29 is 12.8 Å². The Morgan fingerprint density at radius 3 is 2.60 bits per heavy atom. The molecule has 2 rings (SSSR count). The summed E-state index contributed by atoms with van der Waals surface area (Å²) in [5.74, 6) is 0. The zero-order valence-corrected chi connectivity index (χ0v) is 12.3. The second-order valence-corrected chi connectivity index (χ2v) is 6.44. The Bertz CT molecular complexity index is 691. The molecule has 0 atom stereocenters. The largest absolute Gasteiger partial charge is 0.472 e. The summed E-state index contributed by atoms with van der Waals surface area (Å²) in [4.78, 5) is 0.270. The van der Waals surface area contributed by atoms with Gasteiger partial charge in [-0.25, -0.2) is 13.1 Å². The normalized spacial score (nSPS) is 11.8. The van der Waals surface area contributed by atoms with Crippen molar-refractivity contribution >= 4 is 10.0 Å². The number of furan rings is 1. The van der Waals surface area contributed by atoms with Crippen LogP contribution < -0.4 is 10.5 Å². The third-order valence-corrected chi connectivity index (χ3v) is 4.73. The molecule has 5 nitrogen and oxygen atoms in total. The van der Waals surface area contributed by atoms with E-state index in [2.05, 4.69) is 4.72 Å². The van der Waals surface area contributed by atoms with Crippen LogP contribution in [-0.2, 0) is 23.1 Å². The molecule has 0 spiro atoms. The minimum atomic E-state index is -3.56. The molecule has 0 bridgehead atoms. The number of aryl methyl sites for hydroxylation is 2. The molecule has 2 aromatic rings. The predicted molar refractivity (Wildman–Crippen MR) is 76.5 cm³/mol. The second-order valence-electron chi connectivity index (χ2n) is 4.70. The summed E-state index contributed by atoms with van der Waals surface area (Å²) in [5.41, 5.74) is 8.95. The molecule has 0 saturated carbocycles. The molecule has 20 heavy (non-hydrogen) atoms. The van der Waals surface area contributed by atoms with Crippen LogP contribution in [0, 0.1) is 13.8 Å². The van der Waals surface area contributed by atoms with E-state index >= 15 is 0 Å². The maximum absolute atomic E-state index is 12.3. The summed E-state index contributed by atoms with van der Waals surface area (Å²) in [7, 11) is -3.56. The lowest BCUT2D eigenvalue weighted by Crippen LogP contribution is -2.24. The van der Waals surface area contributed by atoms with Gasteiger partial charge in [0.15, 0.2) is 0 Å². The van der Waals surface area contributed by atoms with Gasteiger partial charge in [0.1, 0.15) is 0 Å². The molecule has 0 saturated heterocycles. The Morgan fingerprint density at radius 2 is 2.00 bits per heavy atom. The number of nitrogens with one attached hydrogen (secondary N) is 1. The molecule has 0 aliphatic rings. The first kappa shape index (κ1) is 14.8. The quantitative estimate of drug-likeness (QED) is 0.881. The van der Waals surface area contributed by atoms with Crippen LogP contribution in [0.3, 0.4) is 0 Å². The van der Waals surface area contributed by atoms with Crippen molar-refractivity contribution in [1.82, 2.24) is 4.72 Å². The summed E-state index contributed by atoms with van der Waals surface area (Å²) >= 11 is 0. The summed E-state index contributed by atoms with van der Waals surface area (Å²) in [5, 5.41) is 0. The van der Waals surface area contributed by atoms with Crippen LogP contribution in [-0.4, -0.2) is 8.42 Å². The van der Waals surface area contributed by atoms with Crippen LogP contribution in [0.4, 0.5) is 0 Å². The molecule has 1 aromatic heterocycles. The zero-order chi connectivity index (χ0) is 14.8. The van der Waals surface area contributed by atoms with Gasteiger partial charge in [0, 0.05) is 18.7 Å². The Labute approximate surface area is 118 Å². The maximum Gasteiger partial charge on any atom is 0.241 e. The van der Waals surface area contributed by atoms with Crippen LogP contribution in [0.1, 0.15) is 22.3 Å². The van der Waals surface area contributed by atoms with E-state index in [1.165, 1.54) is 12.5 Å². The van der Waals surface area contributed by atoms with Gasteiger partial charge in [0.25, 0.3) is 0 Å². The van der Waals surface area contributed by atoms with E-state index in [1.54, 1.807) is 19.1 Å². The van der Waals surface area contributed by atoms with Gasteiger partial charge in [-0.05, 0) is 42.7 Å². The van der Waals surface area contributed by atoms with Gasteiger partial charge in [-0.3, -0.25) is 0 Å². The Morgan fingerprint density at radius 1 is 1.25 bits per heavy atom. The molecule has 3 N–H and O–H groups in total. The highest BCUT2D eigenvalue weighted by Crippen LogP contribution is 2.20. The van der Waals surface area contributed by atoms with E-state index in [-0.39, 0.29) is 11.4 Å². The lowest BCUT2D eigenvalue weighted by Gasteiger charge is -2.12. The van der Waals surface area contributed by atoms with Crippen LogP contribution in [0.2, 0.25) is 0 Å². The minimum Gasteiger partial charge on any atom is -0.472 e. The van der Waals surface area contributed by atoms with Gasteiger partial charge in [-0.15, -0.1) is 0 Å². The average molecular weight is 294 g/mol. The third kappa shape index (κ3) is 3.09. The van der Waals surface area contributed by atoms with E-state index in [0.717, 1.165) is 16.7 Å². The first-order valence-corrected chi connectivity index (χ1v) is 7.73. The Balaban J connectivity index is 2.29. The van der Waals surface area contributed by atoms with Gasteiger partial charge < -0.3 is 10.2 Å². The Kier molecular flexibility index (Phi) is 4.27. The lowest BCUT2D eigenvalue weighted by molar-refractivity contribution is 0.561. The van der Waals surface area contributed by atoms with E-state index in [4.69, 9.17) is 10.2 Å². The standard InChI is InChI=1S/C14H18N2O3S/c1-10-5-11(2)14(6-13(10)7-15)20(17,18)16-8-12-3-4-19-9-12/h3-6,9,16H,7-8,15H2,1-2H3. The molecule has 0 aliphatic carbocycles. The molecule has 108 valence electrons. The van der Waals surface area contributed by atoms with Gasteiger partial charge in [-0.1, -0.05) is 6.07 Å². The van der Waals surface area contributed by atoms with Gasteiger partial charge in [0.2, 0.25) is 10.0 Å². The molecular formula is C14H18N2O3S. The Hall–Kier alpha value is -1.63. The molecule has 0 fully saturated rings. The first-order valence-electron chi connectivity index (χ1n) is 6.25. The van der Waals surface area contributed by atoms with E-state index < -0.39 is 10.0 Å². The van der Waals surface area contributed by atoms with Crippen molar-refractivity contribution in [2.45, 2.75) is 31.8 Å². The molecule has 6 heteroatoms. The fourth-order valence-corrected chi connectivity index (χ4v) is 3.33. The van der Waals surface area contributed by atoms with Gasteiger partial charge in [0.05, 0.1) is 17.4 Å². The SMILES string of the molecule is Cc1cc(C)c(S(=O)(=O)NCc2ccoc2)cc1CN. The van der Waals surface area contributed by atoms with Crippen molar-refractivity contribution in [3.8, 4) is 0 Å². The van der Waals surface area contributed by atoms with Crippen LogP contribution in [0.25, 0.3) is 0 Å².